The Kier molecular flexibility index (Phi) is 4.74. The maximum atomic E-state index is 11.8. The summed E-state index contributed by atoms with van der Waals surface area (Å²) in [6.07, 6.45) is 6.53. The van der Waals surface area contributed by atoms with Gasteiger partial charge >= 0.3 is 0 Å². The fourth-order valence-corrected chi connectivity index (χ4v) is 2.42. The van der Waals surface area contributed by atoms with Gasteiger partial charge in [-0.25, -0.2) is 0 Å². The second-order valence-corrected chi connectivity index (χ2v) is 5.26. The summed E-state index contributed by atoms with van der Waals surface area (Å²) in [6.45, 7) is 2.03. The zero-order valence-corrected chi connectivity index (χ0v) is 11.3. The molecule has 0 saturated heterocycles. The van der Waals surface area contributed by atoms with Crippen LogP contribution in [0.2, 0.25) is 0 Å². The van der Waals surface area contributed by atoms with Gasteiger partial charge in [-0.3, -0.25) is 4.79 Å². The van der Waals surface area contributed by atoms with Crippen LogP contribution in [-0.2, 0) is 4.79 Å². The van der Waals surface area contributed by atoms with Crippen LogP contribution in [0.1, 0.15) is 36.8 Å². The zero-order chi connectivity index (χ0) is 13.7. The van der Waals surface area contributed by atoms with E-state index in [4.69, 9.17) is 0 Å². The van der Waals surface area contributed by atoms with Crippen LogP contribution in [0.5, 0.6) is 0 Å². The zero-order valence-electron chi connectivity index (χ0n) is 11.3. The van der Waals surface area contributed by atoms with Crippen molar-refractivity contribution in [2.75, 3.05) is 0 Å². The molecule has 0 radical (unpaired) electrons. The Morgan fingerprint density at radius 1 is 1.32 bits per heavy atom. The van der Waals surface area contributed by atoms with Gasteiger partial charge in [0.25, 0.3) is 0 Å². The molecule has 1 aliphatic carbocycles. The van der Waals surface area contributed by atoms with Crippen LogP contribution < -0.4 is 5.32 Å². The summed E-state index contributed by atoms with van der Waals surface area (Å²) in [7, 11) is 0. The Bertz CT molecular complexity index is 460. The number of aliphatic hydroxyl groups excluding tert-OH is 1. The maximum Gasteiger partial charge on any atom is 0.244 e. The first-order chi connectivity index (χ1) is 9.13. The van der Waals surface area contributed by atoms with Gasteiger partial charge in [-0.2, -0.15) is 0 Å². The van der Waals surface area contributed by atoms with Gasteiger partial charge in [0.05, 0.1) is 6.10 Å². The molecule has 0 heterocycles. The number of aryl methyl sites for hydroxylation is 1. The number of nitrogens with one attached hydrogen (secondary N) is 1. The van der Waals surface area contributed by atoms with Crippen LogP contribution >= 0.6 is 0 Å². The molecule has 0 unspecified atom stereocenters. The molecule has 0 atom stereocenters. The van der Waals surface area contributed by atoms with Crippen molar-refractivity contribution >= 4 is 12.0 Å². The van der Waals surface area contributed by atoms with Gasteiger partial charge in [-0.1, -0.05) is 29.8 Å². The molecule has 2 N–H and O–H groups in total. The van der Waals surface area contributed by atoms with E-state index in [0.29, 0.717) is 0 Å². The lowest BCUT2D eigenvalue weighted by atomic mass is 9.93. The lowest BCUT2D eigenvalue weighted by Gasteiger charge is -2.25. The average molecular weight is 259 g/mol. The monoisotopic (exact) mass is 259 g/mol. The number of hydrogen-bond acceptors (Lipinski definition) is 2. The third-order valence-electron chi connectivity index (χ3n) is 3.51. The van der Waals surface area contributed by atoms with Crippen LogP contribution in [0.15, 0.2) is 30.3 Å². The predicted molar refractivity (Wildman–Crippen MR) is 76.6 cm³/mol. The van der Waals surface area contributed by atoms with Gasteiger partial charge < -0.3 is 10.4 Å². The molecule has 1 saturated carbocycles. The van der Waals surface area contributed by atoms with Crippen molar-refractivity contribution in [3.63, 3.8) is 0 Å². The molecule has 1 aliphatic rings. The Balaban J connectivity index is 1.84. The third-order valence-corrected chi connectivity index (χ3v) is 3.51. The molecule has 0 aromatic heterocycles. The van der Waals surface area contributed by atoms with E-state index >= 15 is 0 Å². The number of carbonyl (C=O) groups is 1. The minimum atomic E-state index is -0.184. The highest BCUT2D eigenvalue weighted by Gasteiger charge is 2.19. The molecule has 0 aliphatic heterocycles. The highest BCUT2D eigenvalue weighted by Crippen LogP contribution is 2.18. The number of hydrogen-bond donors (Lipinski definition) is 2. The minimum Gasteiger partial charge on any atom is -0.393 e. The van der Waals surface area contributed by atoms with Crippen molar-refractivity contribution in [3.8, 4) is 0 Å². The molecular formula is C16H21NO2. The molecule has 102 valence electrons. The average Bonchev–Trinajstić information content (AvgIpc) is 2.39. The van der Waals surface area contributed by atoms with E-state index in [1.54, 1.807) is 6.08 Å². The van der Waals surface area contributed by atoms with Gasteiger partial charge in [0.2, 0.25) is 5.91 Å². The summed E-state index contributed by atoms with van der Waals surface area (Å²) >= 11 is 0. The summed E-state index contributed by atoms with van der Waals surface area (Å²) in [4.78, 5) is 11.8. The van der Waals surface area contributed by atoms with Gasteiger partial charge in [0.15, 0.2) is 0 Å². The quantitative estimate of drug-likeness (QED) is 0.819. The lowest BCUT2D eigenvalue weighted by molar-refractivity contribution is -0.117. The van der Waals surface area contributed by atoms with E-state index in [2.05, 4.69) is 5.32 Å². The van der Waals surface area contributed by atoms with Crippen molar-refractivity contribution in [2.24, 2.45) is 0 Å². The Labute approximate surface area is 114 Å². The van der Waals surface area contributed by atoms with Crippen molar-refractivity contribution in [1.82, 2.24) is 5.32 Å². The molecule has 1 aromatic rings. The molecular weight excluding hydrogens is 238 g/mol. The maximum absolute atomic E-state index is 11.8. The Morgan fingerprint density at radius 3 is 2.74 bits per heavy atom. The SMILES string of the molecule is Cc1cccc(/C=C/C(=O)NC2CCC(O)CC2)c1. The lowest BCUT2D eigenvalue weighted by Crippen LogP contribution is -2.37. The molecule has 1 aromatic carbocycles. The number of carbonyl (C=O) groups excluding carboxylic acids is 1. The first kappa shape index (κ1) is 13.8. The van der Waals surface area contributed by atoms with E-state index in [1.807, 2.05) is 37.3 Å². The van der Waals surface area contributed by atoms with Gasteiger partial charge in [0, 0.05) is 12.1 Å². The molecule has 0 bridgehead atoms. The molecule has 2 rings (SSSR count). The number of aliphatic hydroxyl groups is 1. The summed E-state index contributed by atoms with van der Waals surface area (Å²) in [5.74, 6) is -0.0529. The Morgan fingerprint density at radius 2 is 2.05 bits per heavy atom. The highest BCUT2D eigenvalue weighted by atomic mass is 16.3. The molecule has 3 heteroatoms. The number of rotatable bonds is 3. The number of amides is 1. The highest BCUT2D eigenvalue weighted by molar-refractivity contribution is 5.91. The predicted octanol–water partition coefficient (Wildman–Crippen LogP) is 2.43. The molecule has 1 fully saturated rings. The van der Waals surface area contributed by atoms with Crippen LogP contribution in [0.4, 0.5) is 0 Å². The fraction of sp³-hybridized carbons (Fsp3) is 0.438. The van der Waals surface area contributed by atoms with Gasteiger partial charge in [-0.15, -0.1) is 0 Å². The van der Waals surface area contributed by atoms with E-state index < -0.39 is 0 Å². The van der Waals surface area contributed by atoms with Crippen molar-refractivity contribution in [1.29, 1.82) is 0 Å². The summed E-state index contributed by atoms with van der Waals surface area (Å²) < 4.78 is 0. The molecule has 3 nitrogen and oxygen atoms in total. The van der Waals surface area contributed by atoms with Crippen molar-refractivity contribution in [3.05, 3.63) is 41.5 Å². The fourth-order valence-electron chi connectivity index (χ4n) is 2.42. The molecule has 0 spiro atoms. The van der Waals surface area contributed by atoms with Crippen molar-refractivity contribution < 1.29 is 9.90 Å². The smallest absolute Gasteiger partial charge is 0.244 e. The van der Waals surface area contributed by atoms with E-state index in [9.17, 15) is 9.90 Å². The van der Waals surface area contributed by atoms with Crippen LogP contribution in [-0.4, -0.2) is 23.2 Å². The van der Waals surface area contributed by atoms with Gasteiger partial charge in [0.1, 0.15) is 0 Å². The van der Waals surface area contributed by atoms with Crippen LogP contribution in [0.25, 0.3) is 6.08 Å². The summed E-state index contributed by atoms with van der Waals surface area (Å²) in [5, 5.41) is 12.4. The minimum absolute atomic E-state index is 0.0529. The number of benzene rings is 1. The van der Waals surface area contributed by atoms with Crippen molar-refractivity contribution in [2.45, 2.75) is 44.8 Å². The van der Waals surface area contributed by atoms with Crippen LogP contribution in [0, 0.1) is 6.92 Å². The Hall–Kier alpha value is -1.61. The van der Waals surface area contributed by atoms with E-state index in [-0.39, 0.29) is 18.1 Å². The normalized spacial score (nSPS) is 23.5. The largest absolute Gasteiger partial charge is 0.393 e. The molecule has 1 amide bonds. The third kappa shape index (κ3) is 4.52. The standard InChI is InChI=1S/C16H21NO2/c1-12-3-2-4-13(11-12)5-10-16(19)17-14-6-8-15(18)9-7-14/h2-5,10-11,14-15,18H,6-9H2,1H3,(H,17,19)/b10-5+. The molecule has 19 heavy (non-hydrogen) atoms. The van der Waals surface area contributed by atoms with E-state index in [1.165, 1.54) is 5.56 Å². The first-order valence-electron chi connectivity index (χ1n) is 6.87. The second kappa shape index (κ2) is 6.53. The first-order valence-corrected chi connectivity index (χ1v) is 6.87. The van der Waals surface area contributed by atoms with E-state index in [0.717, 1.165) is 31.2 Å². The summed E-state index contributed by atoms with van der Waals surface area (Å²) in [6, 6.07) is 8.24. The van der Waals surface area contributed by atoms with Crippen LogP contribution in [0.3, 0.4) is 0 Å². The van der Waals surface area contributed by atoms with Gasteiger partial charge in [-0.05, 0) is 44.2 Å². The second-order valence-electron chi connectivity index (χ2n) is 5.26. The summed E-state index contributed by atoms with van der Waals surface area (Å²) in [5.41, 5.74) is 2.22. The topological polar surface area (TPSA) is 49.3 Å².